The second kappa shape index (κ2) is 8.45. The Bertz CT molecular complexity index is 1160. The summed E-state index contributed by atoms with van der Waals surface area (Å²) in [4.78, 5) is 20.0. The monoisotopic (exact) mass is 443 g/mol. The molecule has 0 spiro atoms. The van der Waals surface area contributed by atoms with Crippen molar-refractivity contribution >= 4 is 42.6 Å². The average Bonchev–Trinajstić information content (AvgIpc) is 3.14. The third-order valence-corrected chi connectivity index (χ3v) is 7.73. The van der Waals surface area contributed by atoms with E-state index in [1.807, 2.05) is 49.4 Å². The minimum absolute atomic E-state index is 0.0667. The summed E-state index contributed by atoms with van der Waals surface area (Å²) in [5.41, 5.74) is 3.03. The molecule has 4 rings (SSSR count). The first-order valence-electron chi connectivity index (χ1n) is 9.99. The van der Waals surface area contributed by atoms with Gasteiger partial charge in [0, 0.05) is 13.1 Å². The van der Waals surface area contributed by atoms with E-state index in [1.165, 1.54) is 21.9 Å². The number of nitrogens with zero attached hydrogens (tertiary/aromatic N) is 3. The van der Waals surface area contributed by atoms with Crippen LogP contribution >= 0.6 is 11.3 Å². The Hall–Kier alpha value is -2.29. The Morgan fingerprint density at radius 2 is 2.00 bits per heavy atom. The number of piperidine rings is 1. The molecule has 2 heterocycles. The van der Waals surface area contributed by atoms with Gasteiger partial charge < -0.3 is 0 Å². The van der Waals surface area contributed by atoms with Crippen LogP contribution in [0.3, 0.4) is 0 Å². The molecular formula is C22H25N3O3S2. The van der Waals surface area contributed by atoms with E-state index in [-0.39, 0.29) is 18.4 Å². The van der Waals surface area contributed by atoms with Gasteiger partial charge in [0.05, 0.1) is 28.9 Å². The van der Waals surface area contributed by atoms with Gasteiger partial charge in [-0.2, -0.15) is 0 Å². The third-order valence-electron chi connectivity index (χ3n) is 5.42. The van der Waals surface area contributed by atoms with Gasteiger partial charge in [0.1, 0.15) is 0 Å². The number of carbonyl (C=O) groups is 1. The number of rotatable bonds is 5. The molecule has 3 aromatic rings. The summed E-state index contributed by atoms with van der Waals surface area (Å²) >= 11 is 1.50. The summed E-state index contributed by atoms with van der Waals surface area (Å²) in [5, 5.41) is 0.654. The standard InChI is InChI=1S/C22H25N3O3S2/c1-16-10-11-19-20(13-16)29-22(23-19)25(14-17-7-4-3-5-8-17)21(26)18-9-6-12-24(15-18)30(2,27)28/h3-5,7-8,10-11,13,18H,6,9,12,14-15H2,1-2H3. The maximum absolute atomic E-state index is 13.6. The van der Waals surface area contributed by atoms with Crippen LogP contribution in [-0.2, 0) is 21.4 Å². The van der Waals surface area contributed by atoms with Gasteiger partial charge in [-0.3, -0.25) is 9.69 Å². The maximum Gasteiger partial charge on any atom is 0.233 e. The first-order chi connectivity index (χ1) is 14.3. The Balaban J connectivity index is 1.68. The molecule has 1 saturated heterocycles. The minimum Gasteiger partial charge on any atom is -0.283 e. The van der Waals surface area contributed by atoms with Crippen LogP contribution in [0.25, 0.3) is 10.2 Å². The highest BCUT2D eigenvalue weighted by Gasteiger charge is 2.34. The number of sulfonamides is 1. The number of anilines is 1. The van der Waals surface area contributed by atoms with E-state index >= 15 is 0 Å². The summed E-state index contributed by atoms with van der Waals surface area (Å²) in [6, 6.07) is 15.9. The van der Waals surface area contributed by atoms with Crippen LogP contribution in [0.2, 0.25) is 0 Å². The van der Waals surface area contributed by atoms with Crippen LogP contribution in [0.1, 0.15) is 24.0 Å². The van der Waals surface area contributed by atoms with Gasteiger partial charge in [0.25, 0.3) is 0 Å². The van der Waals surface area contributed by atoms with Crippen LogP contribution in [0.5, 0.6) is 0 Å². The van der Waals surface area contributed by atoms with E-state index in [2.05, 4.69) is 6.07 Å². The van der Waals surface area contributed by atoms with Gasteiger partial charge in [-0.15, -0.1) is 0 Å². The van der Waals surface area contributed by atoms with Gasteiger partial charge in [-0.05, 0) is 43.0 Å². The van der Waals surface area contributed by atoms with Crippen molar-refractivity contribution in [2.75, 3.05) is 24.2 Å². The molecule has 158 valence electrons. The van der Waals surface area contributed by atoms with E-state index in [0.29, 0.717) is 31.1 Å². The normalized spacial score (nSPS) is 17.9. The average molecular weight is 444 g/mol. The lowest BCUT2D eigenvalue weighted by Gasteiger charge is -2.33. The Labute approximate surface area is 181 Å². The predicted octanol–water partition coefficient (Wildman–Crippen LogP) is 3.81. The number of amides is 1. The number of hydrogen-bond acceptors (Lipinski definition) is 5. The zero-order chi connectivity index (χ0) is 21.3. The van der Waals surface area contributed by atoms with Crippen molar-refractivity contribution in [2.45, 2.75) is 26.3 Å². The van der Waals surface area contributed by atoms with E-state index in [4.69, 9.17) is 4.98 Å². The fourth-order valence-corrected chi connectivity index (χ4v) is 5.79. The zero-order valence-electron chi connectivity index (χ0n) is 17.1. The summed E-state index contributed by atoms with van der Waals surface area (Å²) in [6.45, 7) is 3.15. The van der Waals surface area contributed by atoms with Crippen molar-refractivity contribution < 1.29 is 13.2 Å². The van der Waals surface area contributed by atoms with Crippen LogP contribution in [0.4, 0.5) is 5.13 Å². The van der Waals surface area contributed by atoms with Gasteiger partial charge in [-0.25, -0.2) is 17.7 Å². The van der Waals surface area contributed by atoms with Crippen molar-refractivity contribution in [3.63, 3.8) is 0 Å². The number of fused-ring (bicyclic) bond motifs is 1. The van der Waals surface area contributed by atoms with Crippen molar-refractivity contribution in [3.05, 3.63) is 59.7 Å². The molecule has 0 aliphatic carbocycles. The highest BCUT2D eigenvalue weighted by molar-refractivity contribution is 7.88. The van der Waals surface area contributed by atoms with Crippen LogP contribution < -0.4 is 4.90 Å². The summed E-state index contributed by atoms with van der Waals surface area (Å²) in [7, 11) is -3.32. The lowest BCUT2D eigenvalue weighted by molar-refractivity contribution is -0.123. The number of hydrogen-bond donors (Lipinski definition) is 0. The summed E-state index contributed by atoms with van der Waals surface area (Å²) in [6.07, 6.45) is 2.57. The highest BCUT2D eigenvalue weighted by atomic mass is 32.2. The van der Waals surface area contributed by atoms with Gasteiger partial charge >= 0.3 is 0 Å². The summed E-state index contributed by atoms with van der Waals surface area (Å²) < 4.78 is 26.5. The summed E-state index contributed by atoms with van der Waals surface area (Å²) in [5.74, 6) is -0.436. The van der Waals surface area contributed by atoms with Crippen LogP contribution in [0.15, 0.2) is 48.5 Å². The number of aromatic nitrogens is 1. The second-order valence-electron chi connectivity index (χ2n) is 7.84. The highest BCUT2D eigenvalue weighted by Crippen LogP contribution is 2.32. The third kappa shape index (κ3) is 4.55. The number of carbonyl (C=O) groups excluding carboxylic acids is 1. The van der Waals surface area contributed by atoms with Crippen LogP contribution in [0, 0.1) is 12.8 Å². The molecule has 1 fully saturated rings. The molecule has 30 heavy (non-hydrogen) atoms. The molecule has 1 unspecified atom stereocenters. The molecule has 0 bridgehead atoms. The molecule has 1 aliphatic heterocycles. The maximum atomic E-state index is 13.6. The lowest BCUT2D eigenvalue weighted by Crippen LogP contribution is -2.46. The van der Waals surface area contributed by atoms with Gasteiger partial charge in [0.15, 0.2) is 5.13 Å². The van der Waals surface area contributed by atoms with Crippen molar-refractivity contribution in [3.8, 4) is 0 Å². The number of benzene rings is 2. The van der Waals surface area contributed by atoms with Gasteiger partial charge in [-0.1, -0.05) is 47.7 Å². The molecular weight excluding hydrogens is 418 g/mol. The second-order valence-corrected chi connectivity index (χ2v) is 10.8. The first-order valence-corrected chi connectivity index (χ1v) is 12.7. The number of aryl methyl sites for hydroxylation is 1. The lowest BCUT2D eigenvalue weighted by atomic mass is 9.98. The zero-order valence-corrected chi connectivity index (χ0v) is 18.7. The van der Waals surface area contributed by atoms with Gasteiger partial charge in [0.2, 0.25) is 15.9 Å². The largest absolute Gasteiger partial charge is 0.283 e. The number of thiazole rings is 1. The smallest absolute Gasteiger partial charge is 0.233 e. The Morgan fingerprint density at radius 1 is 1.23 bits per heavy atom. The Kier molecular flexibility index (Phi) is 5.90. The molecule has 1 aliphatic rings. The predicted molar refractivity (Wildman–Crippen MR) is 121 cm³/mol. The molecule has 1 aromatic heterocycles. The van der Waals surface area contributed by atoms with Crippen molar-refractivity contribution in [2.24, 2.45) is 5.92 Å². The van der Waals surface area contributed by atoms with E-state index < -0.39 is 10.0 Å². The van der Waals surface area contributed by atoms with E-state index in [9.17, 15) is 13.2 Å². The molecule has 0 N–H and O–H groups in total. The molecule has 0 radical (unpaired) electrons. The topological polar surface area (TPSA) is 70.6 Å². The quantitative estimate of drug-likeness (QED) is 0.601. The molecule has 1 atom stereocenters. The molecule has 6 nitrogen and oxygen atoms in total. The molecule has 0 saturated carbocycles. The Morgan fingerprint density at radius 3 is 2.73 bits per heavy atom. The fourth-order valence-electron chi connectivity index (χ4n) is 3.81. The van der Waals surface area contributed by atoms with E-state index in [0.717, 1.165) is 21.3 Å². The molecule has 8 heteroatoms. The SMILES string of the molecule is Cc1ccc2nc(N(Cc3ccccc3)C(=O)C3CCCN(S(C)(=O)=O)C3)sc2c1. The van der Waals surface area contributed by atoms with Crippen molar-refractivity contribution in [1.29, 1.82) is 0 Å². The van der Waals surface area contributed by atoms with E-state index in [1.54, 1.807) is 4.90 Å². The van der Waals surface area contributed by atoms with Crippen molar-refractivity contribution in [1.82, 2.24) is 9.29 Å². The molecule has 2 aromatic carbocycles. The first kappa shape index (κ1) is 21.0. The van der Waals surface area contributed by atoms with Crippen LogP contribution in [-0.4, -0.2) is 43.0 Å². The fraction of sp³-hybridized carbons (Fsp3) is 0.364. The minimum atomic E-state index is -3.32. The molecule has 1 amide bonds.